The van der Waals surface area contributed by atoms with Crippen molar-refractivity contribution in [2.24, 2.45) is 5.41 Å². The maximum absolute atomic E-state index is 8.63. The van der Waals surface area contributed by atoms with Crippen LogP contribution in [-0.2, 0) is 0 Å². The van der Waals surface area contributed by atoms with E-state index in [-0.39, 0.29) is 17.2 Å². The van der Waals surface area contributed by atoms with Crippen molar-refractivity contribution < 1.29 is 4.74 Å². The van der Waals surface area contributed by atoms with Gasteiger partial charge < -0.3 is 15.4 Å². The van der Waals surface area contributed by atoms with E-state index >= 15 is 0 Å². The maximum Gasteiger partial charge on any atom is 0.132 e. The summed E-state index contributed by atoms with van der Waals surface area (Å²) in [6, 6.07) is 7.30. The van der Waals surface area contributed by atoms with Crippen molar-refractivity contribution in [1.82, 2.24) is 9.97 Å². The summed E-state index contributed by atoms with van der Waals surface area (Å²) in [7, 11) is 0. The number of rotatable bonds is 5. The molecule has 2 heterocycles. The predicted octanol–water partition coefficient (Wildman–Crippen LogP) is 3.89. The Kier molecular flexibility index (Phi) is 5.35. The molecule has 3 rings (SSSR count). The van der Waals surface area contributed by atoms with Gasteiger partial charge in [-0.25, -0.2) is 9.97 Å². The lowest BCUT2D eigenvalue weighted by atomic mass is 9.84. The third-order valence-electron chi connectivity index (χ3n) is 4.80. The first-order chi connectivity index (χ1) is 12.7. The van der Waals surface area contributed by atoms with Crippen molar-refractivity contribution >= 4 is 17.2 Å². The van der Waals surface area contributed by atoms with E-state index in [0.717, 1.165) is 25.3 Å². The van der Waals surface area contributed by atoms with Crippen molar-refractivity contribution in [3.05, 3.63) is 41.9 Å². The molecule has 0 aliphatic carbocycles. The van der Waals surface area contributed by atoms with Crippen LogP contribution in [0.1, 0.15) is 51.8 Å². The Morgan fingerprint density at radius 2 is 2.04 bits per heavy atom. The van der Waals surface area contributed by atoms with Gasteiger partial charge in [-0.05, 0) is 50.3 Å². The molecule has 6 nitrogen and oxygen atoms in total. The highest BCUT2D eigenvalue weighted by Gasteiger charge is 2.27. The van der Waals surface area contributed by atoms with Crippen LogP contribution in [0.15, 0.2) is 30.6 Å². The lowest BCUT2D eigenvalue weighted by molar-refractivity contribution is 0.242. The van der Waals surface area contributed by atoms with Crippen molar-refractivity contribution in [1.29, 1.82) is 5.41 Å². The Morgan fingerprint density at radius 1 is 1.26 bits per heavy atom. The molecular formula is C21H29N5O. The van der Waals surface area contributed by atoms with Gasteiger partial charge in [0.15, 0.2) is 0 Å². The minimum Gasteiger partial charge on any atom is -0.491 e. The SMILES string of the molecule is CC(C)Oc1ccc(N)c(C(=N)c2cc(N3CCCC(C)(C)C3)ncn2)c1. The second-order valence-corrected chi connectivity index (χ2v) is 8.24. The molecule has 0 spiro atoms. The van der Waals surface area contributed by atoms with Crippen LogP contribution in [0, 0.1) is 10.8 Å². The second-order valence-electron chi connectivity index (χ2n) is 8.24. The molecule has 0 radical (unpaired) electrons. The summed E-state index contributed by atoms with van der Waals surface area (Å²) in [5, 5.41) is 8.63. The predicted molar refractivity (Wildman–Crippen MR) is 110 cm³/mol. The minimum atomic E-state index is 0.0590. The first-order valence-electron chi connectivity index (χ1n) is 9.48. The Hall–Kier alpha value is -2.63. The summed E-state index contributed by atoms with van der Waals surface area (Å²) in [6.45, 7) is 10.4. The monoisotopic (exact) mass is 367 g/mol. The minimum absolute atomic E-state index is 0.0590. The van der Waals surface area contributed by atoms with Crippen LogP contribution in [0.5, 0.6) is 5.75 Å². The van der Waals surface area contributed by atoms with E-state index < -0.39 is 0 Å². The van der Waals surface area contributed by atoms with Crippen molar-refractivity contribution in [2.45, 2.75) is 46.6 Å². The summed E-state index contributed by atoms with van der Waals surface area (Å²) in [5.74, 6) is 1.57. The summed E-state index contributed by atoms with van der Waals surface area (Å²) >= 11 is 0. The molecule has 0 unspecified atom stereocenters. The van der Waals surface area contributed by atoms with Crippen LogP contribution in [0.25, 0.3) is 0 Å². The molecule has 1 aromatic heterocycles. The average molecular weight is 367 g/mol. The number of nitrogen functional groups attached to an aromatic ring is 1. The molecule has 0 bridgehead atoms. The highest BCUT2D eigenvalue weighted by Crippen LogP contribution is 2.31. The van der Waals surface area contributed by atoms with E-state index in [9.17, 15) is 0 Å². The fourth-order valence-electron chi connectivity index (χ4n) is 3.51. The molecule has 2 aromatic rings. The topological polar surface area (TPSA) is 88.1 Å². The van der Waals surface area contributed by atoms with Crippen LogP contribution in [-0.4, -0.2) is 34.9 Å². The first kappa shape index (κ1) is 19.1. The average Bonchev–Trinajstić information content (AvgIpc) is 2.61. The number of anilines is 2. The molecule has 1 aliphatic heterocycles. The highest BCUT2D eigenvalue weighted by molar-refractivity contribution is 6.13. The maximum atomic E-state index is 8.63. The lowest BCUT2D eigenvalue weighted by Crippen LogP contribution is -2.40. The lowest BCUT2D eigenvalue weighted by Gasteiger charge is -2.38. The molecule has 6 heteroatoms. The Labute approximate surface area is 161 Å². The third kappa shape index (κ3) is 4.56. The van der Waals surface area contributed by atoms with Crippen molar-refractivity contribution in [3.63, 3.8) is 0 Å². The number of piperidine rings is 1. The number of nitrogens with zero attached hydrogens (tertiary/aromatic N) is 3. The van der Waals surface area contributed by atoms with E-state index in [1.165, 1.54) is 12.7 Å². The Bertz CT molecular complexity index is 831. The molecule has 144 valence electrons. The van der Waals surface area contributed by atoms with Crippen LogP contribution in [0.3, 0.4) is 0 Å². The zero-order valence-corrected chi connectivity index (χ0v) is 16.6. The Balaban J connectivity index is 1.88. The van der Waals surface area contributed by atoms with Gasteiger partial charge in [-0.3, -0.25) is 5.41 Å². The molecule has 1 aliphatic rings. The number of hydrogen-bond donors (Lipinski definition) is 2. The van der Waals surface area contributed by atoms with Gasteiger partial charge >= 0.3 is 0 Å². The summed E-state index contributed by atoms with van der Waals surface area (Å²) in [5.41, 5.74) is 8.40. The molecule has 0 atom stereocenters. The van der Waals surface area contributed by atoms with E-state index in [0.29, 0.717) is 22.7 Å². The summed E-state index contributed by atoms with van der Waals surface area (Å²) in [6.07, 6.45) is 3.96. The first-order valence-corrected chi connectivity index (χ1v) is 9.48. The van der Waals surface area contributed by atoms with Gasteiger partial charge in [-0.15, -0.1) is 0 Å². The number of benzene rings is 1. The summed E-state index contributed by atoms with van der Waals surface area (Å²) < 4.78 is 5.74. The van der Waals surface area contributed by atoms with E-state index in [1.54, 1.807) is 6.07 Å². The van der Waals surface area contributed by atoms with Crippen LogP contribution in [0.2, 0.25) is 0 Å². The Morgan fingerprint density at radius 3 is 2.74 bits per heavy atom. The van der Waals surface area contributed by atoms with Gasteiger partial charge in [0.2, 0.25) is 0 Å². The summed E-state index contributed by atoms with van der Waals surface area (Å²) in [4.78, 5) is 11.0. The number of hydrogen-bond acceptors (Lipinski definition) is 6. The highest BCUT2D eigenvalue weighted by atomic mass is 16.5. The van der Waals surface area contributed by atoms with Gasteiger partial charge in [-0.2, -0.15) is 0 Å². The zero-order chi connectivity index (χ0) is 19.6. The molecule has 1 aromatic carbocycles. The number of ether oxygens (including phenoxy) is 1. The van der Waals surface area contributed by atoms with E-state index in [1.807, 2.05) is 32.0 Å². The van der Waals surface area contributed by atoms with E-state index in [2.05, 4.69) is 28.7 Å². The fraction of sp³-hybridized carbons (Fsp3) is 0.476. The van der Waals surface area contributed by atoms with Gasteiger partial charge in [0, 0.05) is 30.4 Å². The number of aromatic nitrogens is 2. The quantitative estimate of drug-likeness (QED) is 0.618. The molecule has 1 saturated heterocycles. The molecule has 27 heavy (non-hydrogen) atoms. The molecule has 0 amide bonds. The smallest absolute Gasteiger partial charge is 0.132 e. The zero-order valence-electron chi connectivity index (χ0n) is 16.6. The van der Waals surface area contributed by atoms with Gasteiger partial charge in [-0.1, -0.05) is 13.8 Å². The number of nitrogens with one attached hydrogen (secondary N) is 1. The van der Waals surface area contributed by atoms with Crippen LogP contribution < -0.4 is 15.4 Å². The van der Waals surface area contributed by atoms with Gasteiger partial charge in [0.25, 0.3) is 0 Å². The second kappa shape index (κ2) is 7.55. The third-order valence-corrected chi connectivity index (χ3v) is 4.80. The molecule has 1 fully saturated rings. The van der Waals surface area contributed by atoms with Crippen molar-refractivity contribution in [2.75, 3.05) is 23.7 Å². The normalized spacial score (nSPS) is 16.4. The molecule has 3 N–H and O–H groups in total. The fourth-order valence-corrected chi connectivity index (χ4v) is 3.51. The van der Waals surface area contributed by atoms with Crippen LogP contribution >= 0.6 is 0 Å². The van der Waals surface area contributed by atoms with Gasteiger partial charge in [0.1, 0.15) is 17.9 Å². The van der Waals surface area contributed by atoms with Crippen LogP contribution in [0.4, 0.5) is 11.5 Å². The largest absolute Gasteiger partial charge is 0.491 e. The van der Waals surface area contributed by atoms with E-state index in [4.69, 9.17) is 15.9 Å². The molecule has 0 saturated carbocycles. The molecular weight excluding hydrogens is 338 g/mol. The standard InChI is InChI=1S/C21H29N5O/c1-14(2)27-15-6-7-17(22)16(10-15)20(23)18-11-19(25-13-24-18)26-9-5-8-21(3,4)12-26/h6-7,10-11,13-14,23H,5,8-9,12,22H2,1-4H3. The number of nitrogens with two attached hydrogens (primary N) is 1. The van der Waals surface area contributed by atoms with Crippen molar-refractivity contribution in [3.8, 4) is 5.75 Å². The van der Waals surface area contributed by atoms with Gasteiger partial charge in [0.05, 0.1) is 17.5 Å².